The molecule has 170 valence electrons. The van der Waals surface area contributed by atoms with Crippen LogP contribution in [0.1, 0.15) is 75.1 Å². The van der Waals surface area contributed by atoms with Crippen LogP contribution in [0.15, 0.2) is 54.2 Å². The van der Waals surface area contributed by atoms with Crippen molar-refractivity contribution < 1.29 is 19.5 Å². The molecular weight excluding hydrogens is 402 g/mol. The number of nitrogens with one attached hydrogen (secondary N) is 1. The van der Waals surface area contributed by atoms with E-state index >= 15 is 0 Å². The highest BCUT2D eigenvalue weighted by molar-refractivity contribution is 5.69. The maximum Gasteiger partial charge on any atom is 0.304 e. The molecule has 0 radical (unpaired) electrons. The molecule has 0 aromatic heterocycles. The number of hydrogen-bond donors (Lipinski definition) is 2. The van der Waals surface area contributed by atoms with Crippen LogP contribution in [0.2, 0.25) is 0 Å². The van der Waals surface area contributed by atoms with E-state index in [1.807, 2.05) is 30.3 Å². The second-order valence-corrected chi connectivity index (χ2v) is 10.2. The van der Waals surface area contributed by atoms with E-state index in [-0.39, 0.29) is 23.2 Å². The minimum Gasteiger partial charge on any atom is -0.489 e. The highest BCUT2D eigenvalue weighted by atomic mass is 16.6. The van der Waals surface area contributed by atoms with Crippen LogP contribution in [0.5, 0.6) is 5.75 Å². The smallest absolute Gasteiger partial charge is 0.304 e. The van der Waals surface area contributed by atoms with Gasteiger partial charge in [0, 0.05) is 11.6 Å². The van der Waals surface area contributed by atoms with Crippen molar-refractivity contribution in [2.75, 3.05) is 6.61 Å². The molecule has 0 saturated heterocycles. The Morgan fingerprint density at radius 1 is 1.06 bits per heavy atom. The van der Waals surface area contributed by atoms with Crippen LogP contribution < -0.4 is 10.2 Å². The quantitative estimate of drug-likeness (QED) is 0.593. The molecule has 0 fully saturated rings. The zero-order chi connectivity index (χ0) is 22.9. The SMILES string of the molecule is CC1(C)CCC(C)(C)c2cc(COc3ccc([C@H](CC(=O)O)C4=CCON4)cc3)ccc21. The van der Waals surface area contributed by atoms with Gasteiger partial charge < -0.3 is 9.84 Å². The average molecular weight is 436 g/mol. The summed E-state index contributed by atoms with van der Waals surface area (Å²) in [6, 6.07) is 14.4. The van der Waals surface area contributed by atoms with Crippen molar-refractivity contribution in [1.82, 2.24) is 5.48 Å². The van der Waals surface area contributed by atoms with Gasteiger partial charge in [0.1, 0.15) is 12.4 Å². The molecule has 1 heterocycles. The van der Waals surface area contributed by atoms with Crippen molar-refractivity contribution >= 4 is 5.97 Å². The van der Waals surface area contributed by atoms with Gasteiger partial charge in [0.2, 0.25) is 0 Å². The summed E-state index contributed by atoms with van der Waals surface area (Å²) >= 11 is 0. The van der Waals surface area contributed by atoms with Gasteiger partial charge in [-0.3, -0.25) is 15.1 Å². The highest BCUT2D eigenvalue weighted by Crippen LogP contribution is 2.46. The molecule has 1 aliphatic carbocycles. The third-order valence-electron chi connectivity index (χ3n) is 6.94. The molecule has 0 unspecified atom stereocenters. The van der Waals surface area contributed by atoms with Gasteiger partial charge in [0.15, 0.2) is 0 Å². The molecule has 2 N–H and O–H groups in total. The number of carboxylic acid groups (broad SMARTS) is 1. The van der Waals surface area contributed by atoms with E-state index in [0.717, 1.165) is 17.0 Å². The number of ether oxygens (including phenoxy) is 1. The van der Waals surface area contributed by atoms with Crippen LogP contribution in [0.4, 0.5) is 0 Å². The fourth-order valence-corrected chi connectivity index (χ4v) is 4.78. The predicted octanol–water partition coefficient (Wildman–Crippen LogP) is 5.59. The lowest BCUT2D eigenvalue weighted by atomic mass is 9.63. The lowest BCUT2D eigenvalue weighted by Gasteiger charge is -2.42. The van der Waals surface area contributed by atoms with Crippen molar-refractivity contribution in [2.24, 2.45) is 0 Å². The van der Waals surface area contributed by atoms with Gasteiger partial charge in [-0.25, -0.2) is 0 Å². The summed E-state index contributed by atoms with van der Waals surface area (Å²) in [5, 5.41) is 9.30. The van der Waals surface area contributed by atoms with Crippen LogP contribution >= 0.6 is 0 Å². The van der Waals surface area contributed by atoms with E-state index in [4.69, 9.17) is 9.57 Å². The molecule has 32 heavy (non-hydrogen) atoms. The Balaban J connectivity index is 1.47. The first kappa shape index (κ1) is 22.4. The summed E-state index contributed by atoms with van der Waals surface area (Å²) in [6.07, 6.45) is 4.28. The summed E-state index contributed by atoms with van der Waals surface area (Å²) in [6.45, 7) is 10.3. The molecule has 0 bridgehead atoms. The summed E-state index contributed by atoms with van der Waals surface area (Å²) in [4.78, 5) is 16.5. The zero-order valence-corrected chi connectivity index (χ0v) is 19.4. The van der Waals surface area contributed by atoms with Crippen LogP contribution in [-0.4, -0.2) is 17.7 Å². The van der Waals surface area contributed by atoms with E-state index in [1.54, 1.807) is 0 Å². The fourth-order valence-electron chi connectivity index (χ4n) is 4.78. The predicted molar refractivity (Wildman–Crippen MR) is 125 cm³/mol. The monoisotopic (exact) mass is 435 g/mol. The lowest BCUT2D eigenvalue weighted by molar-refractivity contribution is -0.137. The summed E-state index contributed by atoms with van der Waals surface area (Å²) < 4.78 is 6.07. The topological polar surface area (TPSA) is 67.8 Å². The van der Waals surface area contributed by atoms with Gasteiger partial charge in [-0.15, -0.1) is 0 Å². The lowest BCUT2D eigenvalue weighted by Crippen LogP contribution is -2.33. The van der Waals surface area contributed by atoms with E-state index in [9.17, 15) is 9.90 Å². The molecule has 2 aliphatic rings. The normalized spacial score (nSPS) is 19.4. The molecule has 0 saturated carbocycles. The number of fused-ring (bicyclic) bond motifs is 1. The minimum absolute atomic E-state index is 0.00363. The van der Waals surface area contributed by atoms with Crippen LogP contribution in [0.3, 0.4) is 0 Å². The Kier molecular flexibility index (Phi) is 6.04. The highest BCUT2D eigenvalue weighted by Gasteiger charge is 2.36. The summed E-state index contributed by atoms with van der Waals surface area (Å²) in [5.41, 5.74) is 8.97. The Labute approximate surface area is 190 Å². The largest absolute Gasteiger partial charge is 0.489 e. The molecule has 1 atom stereocenters. The fraction of sp³-hybridized carbons (Fsp3) is 0.444. The number of hydroxylamine groups is 1. The van der Waals surface area contributed by atoms with E-state index < -0.39 is 5.97 Å². The van der Waals surface area contributed by atoms with E-state index in [2.05, 4.69) is 51.4 Å². The summed E-state index contributed by atoms with van der Waals surface area (Å²) in [7, 11) is 0. The van der Waals surface area contributed by atoms with Crippen LogP contribution in [0.25, 0.3) is 0 Å². The van der Waals surface area contributed by atoms with Crippen molar-refractivity contribution in [3.63, 3.8) is 0 Å². The number of allylic oxidation sites excluding steroid dienone is 1. The first-order valence-corrected chi connectivity index (χ1v) is 11.3. The Bertz CT molecular complexity index is 1020. The number of carbonyl (C=O) groups is 1. The Morgan fingerprint density at radius 3 is 2.38 bits per heavy atom. The van der Waals surface area contributed by atoms with Crippen LogP contribution in [-0.2, 0) is 27.1 Å². The van der Waals surface area contributed by atoms with Gasteiger partial charge in [-0.1, -0.05) is 58.0 Å². The maximum absolute atomic E-state index is 11.3. The first-order valence-electron chi connectivity index (χ1n) is 11.3. The van der Waals surface area contributed by atoms with Gasteiger partial charge in [0.05, 0.1) is 13.0 Å². The van der Waals surface area contributed by atoms with Gasteiger partial charge in [-0.05, 0) is 64.1 Å². The molecule has 0 amide bonds. The second kappa shape index (κ2) is 8.62. The van der Waals surface area contributed by atoms with Gasteiger partial charge in [-0.2, -0.15) is 0 Å². The van der Waals surface area contributed by atoms with Gasteiger partial charge >= 0.3 is 5.97 Å². The zero-order valence-electron chi connectivity index (χ0n) is 19.4. The first-order chi connectivity index (χ1) is 15.2. The molecule has 1 aliphatic heterocycles. The summed E-state index contributed by atoms with van der Waals surface area (Å²) in [5.74, 6) is -0.344. The molecule has 2 aromatic carbocycles. The molecule has 2 aromatic rings. The second-order valence-electron chi connectivity index (χ2n) is 10.2. The molecule has 0 spiro atoms. The van der Waals surface area contributed by atoms with Gasteiger partial charge in [0.25, 0.3) is 0 Å². The number of rotatable bonds is 7. The van der Waals surface area contributed by atoms with Crippen molar-refractivity contribution in [3.8, 4) is 5.75 Å². The number of aliphatic carboxylic acids is 1. The standard InChI is InChI=1S/C27H33NO4/c1-26(2)12-13-27(3,4)23-15-18(5-10-22(23)26)17-31-20-8-6-19(7-9-20)21(16-25(29)30)24-11-14-32-28-24/h5-11,15,21,28H,12-14,16-17H2,1-4H3,(H,29,30)/t21-/m0/s1. The van der Waals surface area contributed by atoms with Crippen molar-refractivity contribution in [2.45, 2.75) is 70.3 Å². The Hall–Kier alpha value is -2.79. The van der Waals surface area contributed by atoms with Crippen LogP contribution in [0, 0.1) is 0 Å². The van der Waals surface area contributed by atoms with Crippen molar-refractivity contribution in [3.05, 3.63) is 76.5 Å². The third-order valence-corrected chi connectivity index (χ3v) is 6.94. The van der Waals surface area contributed by atoms with Crippen molar-refractivity contribution in [1.29, 1.82) is 0 Å². The number of carboxylic acids is 1. The minimum atomic E-state index is -0.844. The molecular formula is C27H33NO4. The van der Waals surface area contributed by atoms with E-state index in [1.165, 1.54) is 29.5 Å². The average Bonchev–Trinajstić information content (AvgIpc) is 3.29. The maximum atomic E-state index is 11.3. The number of hydrogen-bond acceptors (Lipinski definition) is 4. The third kappa shape index (κ3) is 4.68. The molecule has 5 heteroatoms. The number of benzene rings is 2. The molecule has 4 rings (SSSR count). The molecule has 5 nitrogen and oxygen atoms in total. The Morgan fingerprint density at radius 2 is 1.75 bits per heavy atom. The van der Waals surface area contributed by atoms with E-state index in [0.29, 0.717) is 13.2 Å².